The van der Waals surface area contributed by atoms with Gasteiger partial charge in [-0.15, -0.1) is 0 Å². The summed E-state index contributed by atoms with van der Waals surface area (Å²) in [6.07, 6.45) is -0.490. The van der Waals surface area contributed by atoms with E-state index in [-0.39, 0.29) is 0 Å². The van der Waals surface area contributed by atoms with Crippen LogP contribution in [0.1, 0.15) is 13.3 Å². The molecule has 0 radical (unpaired) electrons. The van der Waals surface area contributed by atoms with Gasteiger partial charge in [0.2, 0.25) is 5.91 Å². The first-order valence-corrected chi connectivity index (χ1v) is 6.24. The van der Waals surface area contributed by atoms with Gasteiger partial charge in [-0.25, -0.2) is 9.59 Å². The number of para-hydroxylation sites is 2. The summed E-state index contributed by atoms with van der Waals surface area (Å²) < 4.78 is 5.32. The highest BCUT2D eigenvalue weighted by atomic mass is 16.5. The fourth-order valence-corrected chi connectivity index (χ4v) is 1.57. The van der Waals surface area contributed by atoms with Gasteiger partial charge in [-0.2, -0.15) is 0 Å². The van der Waals surface area contributed by atoms with Gasteiger partial charge in [-0.1, -0.05) is 12.1 Å². The van der Waals surface area contributed by atoms with Crippen LogP contribution in [-0.2, 0) is 9.59 Å². The van der Waals surface area contributed by atoms with Crippen LogP contribution >= 0.6 is 0 Å². The van der Waals surface area contributed by atoms with Crippen LogP contribution in [0.3, 0.4) is 0 Å². The second-order valence-corrected chi connectivity index (χ2v) is 4.09. The minimum Gasteiger partial charge on any atom is -0.492 e. The standard InChI is InChI=1S/C13H17N3O5/c1-2-21-10-6-4-3-5-8(10)15-13(20)16-9(12(18)19)7-11(14)17/h3-6,9H,2,7H2,1H3,(H2,14,17)(H,18,19)(H2,15,16,20)/t9-/m1/s1. The van der Waals surface area contributed by atoms with Crippen molar-refractivity contribution in [3.05, 3.63) is 24.3 Å². The third-order valence-electron chi connectivity index (χ3n) is 2.44. The molecule has 0 aliphatic heterocycles. The number of rotatable bonds is 7. The molecule has 1 rings (SSSR count). The van der Waals surface area contributed by atoms with Crippen LogP contribution in [-0.4, -0.2) is 35.7 Å². The van der Waals surface area contributed by atoms with Crippen molar-refractivity contribution in [3.63, 3.8) is 0 Å². The molecule has 8 heteroatoms. The zero-order chi connectivity index (χ0) is 15.8. The number of carboxylic acid groups (broad SMARTS) is 1. The van der Waals surface area contributed by atoms with Gasteiger partial charge < -0.3 is 26.2 Å². The van der Waals surface area contributed by atoms with Crippen LogP contribution in [0.4, 0.5) is 10.5 Å². The number of nitrogens with one attached hydrogen (secondary N) is 2. The highest BCUT2D eigenvalue weighted by Crippen LogP contribution is 2.23. The molecular weight excluding hydrogens is 278 g/mol. The van der Waals surface area contributed by atoms with E-state index in [9.17, 15) is 14.4 Å². The summed E-state index contributed by atoms with van der Waals surface area (Å²) in [5.41, 5.74) is 5.32. The highest BCUT2D eigenvalue weighted by Gasteiger charge is 2.22. The average Bonchev–Trinajstić information content (AvgIpc) is 2.40. The van der Waals surface area contributed by atoms with Crippen LogP contribution < -0.4 is 21.1 Å². The lowest BCUT2D eigenvalue weighted by atomic mass is 10.2. The Labute approximate surface area is 121 Å². The summed E-state index contributed by atoms with van der Waals surface area (Å²) in [5.74, 6) is -1.71. The van der Waals surface area contributed by atoms with Crippen LogP contribution in [0, 0.1) is 0 Å². The fraction of sp³-hybridized carbons (Fsp3) is 0.308. The van der Waals surface area contributed by atoms with E-state index in [0.717, 1.165) is 0 Å². The minimum atomic E-state index is -1.39. The molecule has 0 spiro atoms. The highest BCUT2D eigenvalue weighted by molar-refractivity contribution is 5.94. The molecule has 8 nitrogen and oxygen atoms in total. The van der Waals surface area contributed by atoms with Crippen molar-refractivity contribution in [2.45, 2.75) is 19.4 Å². The van der Waals surface area contributed by atoms with Crippen molar-refractivity contribution in [3.8, 4) is 5.75 Å². The van der Waals surface area contributed by atoms with Crippen molar-refractivity contribution in [1.82, 2.24) is 5.32 Å². The van der Waals surface area contributed by atoms with E-state index in [4.69, 9.17) is 15.6 Å². The second-order valence-electron chi connectivity index (χ2n) is 4.09. The van der Waals surface area contributed by atoms with E-state index in [1.807, 2.05) is 0 Å². The number of carbonyl (C=O) groups is 3. The van der Waals surface area contributed by atoms with E-state index in [1.54, 1.807) is 31.2 Å². The molecule has 0 saturated carbocycles. The number of aliphatic carboxylic acids is 1. The molecule has 114 valence electrons. The number of benzene rings is 1. The van der Waals surface area contributed by atoms with Crippen LogP contribution in [0.5, 0.6) is 5.75 Å². The maximum Gasteiger partial charge on any atom is 0.326 e. The molecule has 1 aromatic carbocycles. The predicted molar refractivity (Wildman–Crippen MR) is 75.0 cm³/mol. The zero-order valence-electron chi connectivity index (χ0n) is 11.5. The summed E-state index contributed by atoms with van der Waals surface area (Å²) in [4.78, 5) is 33.4. The number of nitrogens with two attached hydrogens (primary N) is 1. The number of carboxylic acids is 1. The van der Waals surface area contributed by atoms with Gasteiger partial charge in [0, 0.05) is 0 Å². The van der Waals surface area contributed by atoms with E-state index in [1.165, 1.54) is 0 Å². The van der Waals surface area contributed by atoms with Crippen molar-refractivity contribution < 1.29 is 24.2 Å². The minimum absolute atomic E-state index is 0.389. The number of anilines is 1. The molecule has 1 aromatic rings. The lowest BCUT2D eigenvalue weighted by Gasteiger charge is -2.15. The Balaban J connectivity index is 2.72. The first-order valence-electron chi connectivity index (χ1n) is 6.24. The molecule has 0 heterocycles. The van der Waals surface area contributed by atoms with Gasteiger partial charge in [0.1, 0.15) is 11.8 Å². The van der Waals surface area contributed by atoms with Gasteiger partial charge in [0.15, 0.2) is 0 Å². The zero-order valence-corrected chi connectivity index (χ0v) is 11.5. The first-order chi connectivity index (χ1) is 9.93. The van der Waals surface area contributed by atoms with Crippen molar-refractivity contribution in [2.24, 2.45) is 5.73 Å². The second kappa shape index (κ2) is 7.73. The summed E-state index contributed by atoms with van der Waals surface area (Å²) in [7, 11) is 0. The number of hydrogen-bond donors (Lipinski definition) is 4. The number of primary amides is 1. The topological polar surface area (TPSA) is 131 Å². The van der Waals surface area contributed by atoms with Gasteiger partial charge in [-0.3, -0.25) is 4.79 Å². The van der Waals surface area contributed by atoms with Crippen LogP contribution in [0.15, 0.2) is 24.3 Å². The number of hydrogen-bond acceptors (Lipinski definition) is 4. The maximum absolute atomic E-state index is 11.8. The maximum atomic E-state index is 11.8. The number of urea groups is 1. The summed E-state index contributed by atoms with van der Waals surface area (Å²) in [6.45, 7) is 2.21. The quantitative estimate of drug-likeness (QED) is 0.583. The molecule has 1 atom stereocenters. The van der Waals surface area contributed by atoms with Crippen molar-refractivity contribution in [1.29, 1.82) is 0 Å². The molecule has 5 N–H and O–H groups in total. The molecule has 0 bridgehead atoms. The Hall–Kier alpha value is -2.77. The summed E-state index contributed by atoms with van der Waals surface area (Å²) >= 11 is 0. The summed E-state index contributed by atoms with van der Waals surface area (Å²) in [6, 6.07) is 4.54. The largest absolute Gasteiger partial charge is 0.492 e. The molecule has 0 aromatic heterocycles. The van der Waals surface area contributed by atoms with Crippen molar-refractivity contribution >= 4 is 23.6 Å². The van der Waals surface area contributed by atoms with Gasteiger partial charge in [-0.05, 0) is 19.1 Å². The molecule has 0 aliphatic carbocycles. The molecule has 0 saturated heterocycles. The monoisotopic (exact) mass is 295 g/mol. The Morgan fingerprint density at radius 2 is 2.00 bits per heavy atom. The summed E-state index contributed by atoms with van der Waals surface area (Å²) in [5, 5.41) is 13.5. The number of ether oxygens (including phenoxy) is 1. The van der Waals surface area contributed by atoms with Crippen molar-refractivity contribution in [2.75, 3.05) is 11.9 Å². The Bertz CT molecular complexity index is 532. The van der Waals surface area contributed by atoms with E-state index < -0.39 is 30.4 Å². The smallest absolute Gasteiger partial charge is 0.326 e. The molecular formula is C13H17N3O5. The number of amides is 3. The van der Waals surface area contributed by atoms with E-state index in [0.29, 0.717) is 18.0 Å². The van der Waals surface area contributed by atoms with Gasteiger partial charge >= 0.3 is 12.0 Å². The molecule has 3 amide bonds. The lowest BCUT2D eigenvalue weighted by Crippen LogP contribution is -2.45. The lowest BCUT2D eigenvalue weighted by molar-refractivity contribution is -0.140. The first kappa shape index (κ1) is 16.3. The fourth-order valence-electron chi connectivity index (χ4n) is 1.57. The third-order valence-corrected chi connectivity index (χ3v) is 2.44. The normalized spacial score (nSPS) is 11.3. The van der Waals surface area contributed by atoms with Crippen LogP contribution in [0.2, 0.25) is 0 Å². The molecule has 0 aliphatic rings. The molecule has 0 fully saturated rings. The SMILES string of the molecule is CCOc1ccccc1NC(=O)N[C@H](CC(N)=O)C(=O)O. The predicted octanol–water partition coefficient (Wildman–Crippen LogP) is 0.535. The molecule has 0 unspecified atom stereocenters. The van der Waals surface area contributed by atoms with E-state index >= 15 is 0 Å². The average molecular weight is 295 g/mol. The Morgan fingerprint density at radius 1 is 1.33 bits per heavy atom. The third kappa shape index (κ3) is 5.39. The van der Waals surface area contributed by atoms with E-state index in [2.05, 4.69) is 10.6 Å². The number of carbonyl (C=O) groups excluding carboxylic acids is 2. The molecule has 21 heavy (non-hydrogen) atoms. The van der Waals surface area contributed by atoms with Gasteiger partial charge in [0.25, 0.3) is 0 Å². The van der Waals surface area contributed by atoms with Crippen LogP contribution in [0.25, 0.3) is 0 Å². The Kier molecular flexibility index (Phi) is 5.99. The Morgan fingerprint density at radius 3 is 2.57 bits per heavy atom. The van der Waals surface area contributed by atoms with Gasteiger partial charge in [0.05, 0.1) is 18.7 Å².